The molecule has 0 aliphatic rings. The Balaban J connectivity index is 2.78. The summed E-state index contributed by atoms with van der Waals surface area (Å²) < 4.78 is 5.00. The Labute approximate surface area is 79.2 Å². The fourth-order valence-corrected chi connectivity index (χ4v) is 1.22. The average Bonchev–Trinajstić information content (AvgIpc) is 2.18. The van der Waals surface area contributed by atoms with Crippen LogP contribution in [0.4, 0.5) is 0 Å². The third-order valence-electron chi connectivity index (χ3n) is 2.27. The minimum Gasteiger partial charge on any atom is -0.468 e. The van der Waals surface area contributed by atoms with Crippen LogP contribution in [-0.2, 0) is 0 Å². The molecule has 0 bridgehead atoms. The van der Waals surface area contributed by atoms with Crippen molar-refractivity contribution in [3.63, 3.8) is 0 Å². The van der Waals surface area contributed by atoms with Gasteiger partial charge in [0.15, 0.2) is 6.79 Å². The normalized spacial score (nSPS) is 12.5. The highest BCUT2D eigenvalue weighted by molar-refractivity contribution is 5.30. The van der Waals surface area contributed by atoms with E-state index in [2.05, 4.69) is 19.9 Å². The maximum absolute atomic E-state index is 8.58. The van der Waals surface area contributed by atoms with E-state index in [4.69, 9.17) is 9.84 Å². The largest absolute Gasteiger partial charge is 0.468 e. The molecule has 0 aliphatic heterocycles. The minimum absolute atomic E-state index is 0.260. The lowest BCUT2D eigenvalue weighted by Gasteiger charge is -2.10. The molecule has 72 valence electrons. The first kappa shape index (κ1) is 10.1. The predicted octanol–water partition coefficient (Wildman–Crippen LogP) is 2.53. The maximum atomic E-state index is 8.58. The van der Waals surface area contributed by atoms with E-state index in [1.165, 1.54) is 5.56 Å². The highest BCUT2D eigenvalue weighted by Gasteiger charge is 2.03. The van der Waals surface area contributed by atoms with Crippen molar-refractivity contribution in [3.05, 3.63) is 29.8 Å². The van der Waals surface area contributed by atoms with Gasteiger partial charge in [0.05, 0.1) is 0 Å². The Morgan fingerprint density at radius 2 is 2.23 bits per heavy atom. The second kappa shape index (κ2) is 4.87. The molecule has 0 radical (unpaired) electrons. The second-order valence-corrected chi connectivity index (χ2v) is 3.16. The first-order chi connectivity index (χ1) is 6.27. The molecular weight excluding hydrogens is 164 g/mol. The van der Waals surface area contributed by atoms with Crippen LogP contribution in [0.1, 0.15) is 31.7 Å². The fourth-order valence-electron chi connectivity index (χ4n) is 1.22. The van der Waals surface area contributed by atoms with Gasteiger partial charge in [-0.05, 0) is 30.0 Å². The van der Waals surface area contributed by atoms with Crippen LogP contribution in [0.5, 0.6) is 5.75 Å². The molecule has 0 aromatic heterocycles. The van der Waals surface area contributed by atoms with Crippen molar-refractivity contribution in [1.82, 2.24) is 0 Å². The monoisotopic (exact) mass is 180 g/mol. The topological polar surface area (TPSA) is 29.5 Å². The summed E-state index contributed by atoms with van der Waals surface area (Å²) in [7, 11) is 0. The SMILES string of the molecule is CCC(C)c1cccc(OCO)c1. The number of aliphatic hydroxyl groups is 1. The van der Waals surface area contributed by atoms with Gasteiger partial charge >= 0.3 is 0 Å². The average molecular weight is 180 g/mol. The minimum atomic E-state index is -0.260. The van der Waals surface area contributed by atoms with E-state index >= 15 is 0 Å². The van der Waals surface area contributed by atoms with Gasteiger partial charge in [-0.15, -0.1) is 0 Å². The van der Waals surface area contributed by atoms with E-state index < -0.39 is 0 Å². The number of rotatable bonds is 4. The molecule has 1 rings (SSSR count). The molecule has 1 N–H and O–H groups in total. The van der Waals surface area contributed by atoms with Gasteiger partial charge in [0.1, 0.15) is 5.75 Å². The highest BCUT2D eigenvalue weighted by atomic mass is 16.6. The maximum Gasteiger partial charge on any atom is 0.186 e. The van der Waals surface area contributed by atoms with Crippen LogP contribution in [0.2, 0.25) is 0 Å². The standard InChI is InChI=1S/C11H16O2/c1-3-9(2)10-5-4-6-11(7-10)13-8-12/h4-7,9,12H,3,8H2,1-2H3. The zero-order valence-electron chi connectivity index (χ0n) is 8.16. The predicted molar refractivity (Wildman–Crippen MR) is 52.9 cm³/mol. The van der Waals surface area contributed by atoms with Crippen molar-refractivity contribution < 1.29 is 9.84 Å². The lowest BCUT2D eigenvalue weighted by atomic mass is 9.99. The summed E-state index contributed by atoms with van der Waals surface area (Å²) in [6, 6.07) is 7.86. The van der Waals surface area contributed by atoms with E-state index in [1.54, 1.807) is 0 Å². The summed E-state index contributed by atoms with van der Waals surface area (Å²) in [6.07, 6.45) is 1.11. The van der Waals surface area contributed by atoms with Gasteiger partial charge in [-0.1, -0.05) is 26.0 Å². The summed E-state index contributed by atoms with van der Waals surface area (Å²) >= 11 is 0. The molecule has 1 aromatic rings. The van der Waals surface area contributed by atoms with E-state index in [-0.39, 0.29) is 6.79 Å². The van der Waals surface area contributed by atoms with Crippen LogP contribution < -0.4 is 4.74 Å². The summed E-state index contributed by atoms with van der Waals surface area (Å²) in [4.78, 5) is 0. The lowest BCUT2D eigenvalue weighted by Crippen LogP contribution is -1.96. The summed E-state index contributed by atoms with van der Waals surface area (Å²) in [5.74, 6) is 1.28. The number of benzene rings is 1. The van der Waals surface area contributed by atoms with Crippen LogP contribution in [0.3, 0.4) is 0 Å². The van der Waals surface area contributed by atoms with Crippen molar-refractivity contribution in [2.75, 3.05) is 6.79 Å². The van der Waals surface area contributed by atoms with Crippen molar-refractivity contribution in [3.8, 4) is 5.75 Å². The van der Waals surface area contributed by atoms with Crippen LogP contribution in [0.15, 0.2) is 24.3 Å². The first-order valence-corrected chi connectivity index (χ1v) is 4.61. The molecule has 13 heavy (non-hydrogen) atoms. The molecule has 0 saturated heterocycles. The second-order valence-electron chi connectivity index (χ2n) is 3.16. The van der Waals surface area contributed by atoms with Gasteiger partial charge in [0, 0.05) is 0 Å². The molecule has 1 unspecified atom stereocenters. The van der Waals surface area contributed by atoms with Gasteiger partial charge in [0.2, 0.25) is 0 Å². The van der Waals surface area contributed by atoms with E-state index in [9.17, 15) is 0 Å². The molecule has 0 amide bonds. The number of hydrogen-bond acceptors (Lipinski definition) is 2. The quantitative estimate of drug-likeness (QED) is 0.721. The van der Waals surface area contributed by atoms with Crippen LogP contribution in [-0.4, -0.2) is 11.9 Å². The molecule has 0 spiro atoms. The van der Waals surface area contributed by atoms with Crippen molar-refractivity contribution in [2.24, 2.45) is 0 Å². The van der Waals surface area contributed by atoms with E-state index in [1.807, 2.05) is 18.2 Å². The molecule has 0 heterocycles. The van der Waals surface area contributed by atoms with E-state index in [0.29, 0.717) is 5.92 Å². The van der Waals surface area contributed by atoms with Crippen molar-refractivity contribution in [2.45, 2.75) is 26.2 Å². The summed E-state index contributed by atoms with van der Waals surface area (Å²) in [5.41, 5.74) is 1.26. The van der Waals surface area contributed by atoms with Gasteiger partial charge in [-0.2, -0.15) is 0 Å². The Bertz CT molecular complexity index is 258. The number of ether oxygens (including phenoxy) is 1. The molecule has 0 saturated carbocycles. The Kier molecular flexibility index (Phi) is 3.77. The number of aliphatic hydroxyl groups excluding tert-OH is 1. The van der Waals surface area contributed by atoms with Crippen LogP contribution in [0.25, 0.3) is 0 Å². The van der Waals surface area contributed by atoms with Crippen molar-refractivity contribution >= 4 is 0 Å². The molecule has 1 atom stereocenters. The van der Waals surface area contributed by atoms with Crippen LogP contribution >= 0.6 is 0 Å². The lowest BCUT2D eigenvalue weighted by molar-refractivity contribution is 0.0984. The molecule has 1 aromatic carbocycles. The Morgan fingerprint density at radius 3 is 2.85 bits per heavy atom. The molecule has 2 heteroatoms. The summed E-state index contributed by atoms with van der Waals surface area (Å²) in [5, 5.41) is 8.58. The van der Waals surface area contributed by atoms with Crippen LogP contribution in [0, 0.1) is 0 Å². The Hall–Kier alpha value is -1.02. The summed E-state index contributed by atoms with van der Waals surface area (Å²) in [6.45, 7) is 4.08. The number of hydrogen-bond donors (Lipinski definition) is 1. The van der Waals surface area contributed by atoms with Gasteiger partial charge in [-0.3, -0.25) is 0 Å². The molecule has 0 aliphatic carbocycles. The van der Waals surface area contributed by atoms with Gasteiger partial charge < -0.3 is 9.84 Å². The molecule has 2 nitrogen and oxygen atoms in total. The zero-order chi connectivity index (χ0) is 9.68. The van der Waals surface area contributed by atoms with Gasteiger partial charge in [0.25, 0.3) is 0 Å². The van der Waals surface area contributed by atoms with Gasteiger partial charge in [-0.25, -0.2) is 0 Å². The third kappa shape index (κ3) is 2.74. The highest BCUT2D eigenvalue weighted by Crippen LogP contribution is 2.22. The fraction of sp³-hybridized carbons (Fsp3) is 0.455. The molecule has 0 fully saturated rings. The van der Waals surface area contributed by atoms with Crippen molar-refractivity contribution in [1.29, 1.82) is 0 Å². The zero-order valence-corrected chi connectivity index (χ0v) is 8.16. The third-order valence-corrected chi connectivity index (χ3v) is 2.27. The molecular formula is C11H16O2. The van der Waals surface area contributed by atoms with E-state index in [0.717, 1.165) is 12.2 Å². The smallest absolute Gasteiger partial charge is 0.186 e. The Morgan fingerprint density at radius 1 is 1.46 bits per heavy atom. The first-order valence-electron chi connectivity index (χ1n) is 4.61.